The third-order valence-corrected chi connectivity index (χ3v) is 5.28. The van der Waals surface area contributed by atoms with Gasteiger partial charge in [-0.3, -0.25) is 4.90 Å². The summed E-state index contributed by atoms with van der Waals surface area (Å²) in [5, 5.41) is 3.67. The second kappa shape index (κ2) is 5.71. The molecule has 1 heterocycles. The molecule has 1 saturated carbocycles. The summed E-state index contributed by atoms with van der Waals surface area (Å²) < 4.78 is 0. The van der Waals surface area contributed by atoms with Crippen LogP contribution in [0.5, 0.6) is 0 Å². The van der Waals surface area contributed by atoms with Gasteiger partial charge >= 0.3 is 0 Å². The van der Waals surface area contributed by atoms with Crippen LogP contribution < -0.4 is 5.32 Å². The zero-order chi connectivity index (χ0) is 12.4. The molecule has 2 heteroatoms. The molecule has 2 rings (SSSR count). The van der Waals surface area contributed by atoms with Gasteiger partial charge in [-0.25, -0.2) is 0 Å². The van der Waals surface area contributed by atoms with E-state index in [4.69, 9.17) is 0 Å². The average molecular weight is 238 g/mol. The van der Waals surface area contributed by atoms with Gasteiger partial charge in [0.1, 0.15) is 0 Å². The van der Waals surface area contributed by atoms with E-state index in [0.29, 0.717) is 0 Å². The van der Waals surface area contributed by atoms with Crippen molar-refractivity contribution in [2.45, 2.75) is 71.5 Å². The highest BCUT2D eigenvalue weighted by molar-refractivity contribution is 4.92. The van der Waals surface area contributed by atoms with Crippen molar-refractivity contribution in [3.05, 3.63) is 0 Å². The van der Waals surface area contributed by atoms with Crippen molar-refractivity contribution in [3.8, 4) is 0 Å². The first-order chi connectivity index (χ1) is 8.13. The van der Waals surface area contributed by atoms with Gasteiger partial charge in [-0.15, -0.1) is 0 Å². The van der Waals surface area contributed by atoms with Crippen LogP contribution in [0.1, 0.15) is 53.4 Å². The molecule has 0 aromatic rings. The molecule has 1 saturated heterocycles. The molecule has 1 N–H and O–H groups in total. The van der Waals surface area contributed by atoms with Gasteiger partial charge in [0.05, 0.1) is 0 Å². The van der Waals surface area contributed by atoms with Crippen LogP contribution in [0.3, 0.4) is 0 Å². The van der Waals surface area contributed by atoms with Gasteiger partial charge in [0.2, 0.25) is 0 Å². The van der Waals surface area contributed by atoms with Crippen molar-refractivity contribution in [3.63, 3.8) is 0 Å². The number of piperazine rings is 1. The third-order valence-electron chi connectivity index (χ3n) is 5.28. The van der Waals surface area contributed by atoms with Crippen molar-refractivity contribution in [1.29, 1.82) is 0 Å². The first-order valence-corrected chi connectivity index (χ1v) is 7.62. The molecule has 0 amide bonds. The Balaban J connectivity index is 2.03. The Kier molecular flexibility index (Phi) is 4.48. The van der Waals surface area contributed by atoms with Crippen LogP contribution in [0.2, 0.25) is 0 Å². The largest absolute Gasteiger partial charge is 0.311 e. The van der Waals surface area contributed by atoms with Crippen LogP contribution in [0.15, 0.2) is 0 Å². The second-order valence-corrected chi connectivity index (χ2v) is 6.39. The Morgan fingerprint density at radius 2 is 1.94 bits per heavy atom. The monoisotopic (exact) mass is 238 g/mol. The molecule has 2 fully saturated rings. The predicted molar refractivity (Wildman–Crippen MR) is 74.2 cm³/mol. The van der Waals surface area contributed by atoms with Gasteiger partial charge in [-0.2, -0.15) is 0 Å². The molecule has 2 aliphatic rings. The van der Waals surface area contributed by atoms with Crippen molar-refractivity contribution in [2.24, 2.45) is 11.8 Å². The molecule has 0 radical (unpaired) electrons. The molecule has 17 heavy (non-hydrogen) atoms. The van der Waals surface area contributed by atoms with Gasteiger partial charge in [-0.1, -0.05) is 33.6 Å². The van der Waals surface area contributed by atoms with E-state index in [0.717, 1.165) is 30.0 Å². The van der Waals surface area contributed by atoms with Crippen molar-refractivity contribution < 1.29 is 0 Å². The van der Waals surface area contributed by atoms with E-state index >= 15 is 0 Å². The van der Waals surface area contributed by atoms with Crippen LogP contribution in [0.4, 0.5) is 0 Å². The van der Waals surface area contributed by atoms with Gasteiger partial charge in [0.25, 0.3) is 0 Å². The SMILES string of the molecule is CCC1CN(C2CCCC(C)C2C)C(C)CN1. The minimum atomic E-state index is 0.718. The summed E-state index contributed by atoms with van der Waals surface area (Å²) in [6.07, 6.45) is 5.56. The van der Waals surface area contributed by atoms with Crippen molar-refractivity contribution >= 4 is 0 Å². The highest BCUT2D eigenvalue weighted by atomic mass is 15.3. The molecule has 2 nitrogen and oxygen atoms in total. The van der Waals surface area contributed by atoms with Crippen molar-refractivity contribution in [1.82, 2.24) is 10.2 Å². The van der Waals surface area contributed by atoms with Gasteiger partial charge in [-0.05, 0) is 31.6 Å². The molecule has 5 atom stereocenters. The Bertz CT molecular complexity index is 241. The fourth-order valence-electron chi connectivity index (χ4n) is 3.71. The molecule has 1 aliphatic carbocycles. The third kappa shape index (κ3) is 2.85. The zero-order valence-electron chi connectivity index (χ0n) is 12.1. The first kappa shape index (κ1) is 13.4. The molecular formula is C15H30N2. The normalized spacial score (nSPS) is 44.8. The van der Waals surface area contributed by atoms with E-state index in [1.807, 2.05) is 0 Å². The highest BCUT2D eigenvalue weighted by Crippen LogP contribution is 2.34. The summed E-state index contributed by atoms with van der Waals surface area (Å²) in [6.45, 7) is 12.1. The standard InChI is InChI=1S/C15H30N2/c1-5-14-10-17(12(3)9-16-14)15-8-6-7-11(2)13(15)4/h11-16H,5-10H2,1-4H3. The van der Waals surface area contributed by atoms with Crippen LogP contribution in [0, 0.1) is 11.8 Å². The maximum atomic E-state index is 3.67. The lowest BCUT2D eigenvalue weighted by atomic mass is 9.76. The predicted octanol–water partition coefficient (Wildman–Crippen LogP) is 2.88. The molecule has 1 aliphatic heterocycles. The minimum absolute atomic E-state index is 0.718. The average Bonchev–Trinajstić information content (AvgIpc) is 2.34. The highest BCUT2D eigenvalue weighted by Gasteiger charge is 2.36. The van der Waals surface area contributed by atoms with Crippen molar-refractivity contribution in [2.75, 3.05) is 13.1 Å². The lowest BCUT2D eigenvalue weighted by Gasteiger charge is -2.48. The van der Waals surface area contributed by atoms with E-state index in [9.17, 15) is 0 Å². The Morgan fingerprint density at radius 3 is 2.65 bits per heavy atom. The molecule has 5 unspecified atom stereocenters. The number of hydrogen-bond donors (Lipinski definition) is 1. The molecule has 0 aromatic carbocycles. The van der Waals surface area contributed by atoms with Crippen LogP contribution in [-0.2, 0) is 0 Å². The summed E-state index contributed by atoms with van der Waals surface area (Å²) in [5.74, 6) is 1.79. The molecular weight excluding hydrogens is 208 g/mol. The Labute approximate surface area is 107 Å². The smallest absolute Gasteiger partial charge is 0.0196 e. The Morgan fingerprint density at radius 1 is 1.18 bits per heavy atom. The van der Waals surface area contributed by atoms with E-state index in [2.05, 4.69) is 37.9 Å². The van der Waals surface area contributed by atoms with Crippen LogP contribution in [0.25, 0.3) is 0 Å². The fourth-order valence-corrected chi connectivity index (χ4v) is 3.71. The lowest BCUT2D eigenvalue weighted by Crippen LogP contribution is -2.60. The summed E-state index contributed by atoms with van der Waals surface area (Å²) >= 11 is 0. The van der Waals surface area contributed by atoms with E-state index in [1.54, 1.807) is 0 Å². The Hall–Kier alpha value is -0.0800. The van der Waals surface area contributed by atoms with E-state index < -0.39 is 0 Å². The van der Waals surface area contributed by atoms with Crippen LogP contribution in [-0.4, -0.2) is 36.1 Å². The van der Waals surface area contributed by atoms with E-state index in [-0.39, 0.29) is 0 Å². The lowest BCUT2D eigenvalue weighted by molar-refractivity contribution is 0.0240. The number of nitrogens with zero attached hydrogens (tertiary/aromatic N) is 1. The number of hydrogen-bond acceptors (Lipinski definition) is 2. The summed E-state index contributed by atoms with van der Waals surface area (Å²) in [4.78, 5) is 2.81. The van der Waals surface area contributed by atoms with Gasteiger partial charge < -0.3 is 5.32 Å². The first-order valence-electron chi connectivity index (χ1n) is 7.62. The minimum Gasteiger partial charge on any atom is -0.311 e. The second-order valence-electron chi connectivity index (χ2n) is 6.39. The van der Waals surface area contributed by atoms with Gasteiger partial charge in [0.15, 0.2) is 0 Å². The fraction of sp³-hybridized carbons (Fsp3) is 1.00. The maximum absolute atomic E-state index is 3.67. The topological polar surface area (TPSA) is 15.3 Å². The summed E-state index contributed by atoms with van der Waals surface area (Å²) in [7, 11) is 0. The van der Waals surface area contributed by atoms with Crippen LogP contribution >= 0.6 is 0 Å². The summed E-state index contributed by atoms with van der Waals surface area (Å²) in [5.41, 5.74) is 0. The number of nitrogens with one attached hydrogen (secondary N) is 1. The molecule has 100 valence electrons. The molecule has 0 bridgehead atoms. The zero-order valence-corrected chi connectivity index (χ0v) is 12.1. The molecule has 0 spiro atoms. The van der Waals surface area contributed by atoms with E-state index in [1.165, 1.54) is 38.8 Å². The summed E-state index contributed by atoms with van der Waals surface area (Å²) in [6, 6.07) is 2.27. The molecule has 0 aromatic heterocycles. The maximum Gasteiger partial charge on any atom is 0.0196 e. The number of rotatable bonds is 2. The quantitative estimate of drug-likeness (QED) is 0.796. The van der Waals surface area contributed by atoms with Gasteiger partial charge in [0, 0.05) is 31.2 Å².